The molecule has 0 aliphatic heterocycles. The third-order valence-corrected chi connectivity index (χ3v) is 5.35. The van der Waals surface area contributed by atoms with Gasteiger partial charge in [0.1, 0.15) is 10.8 Å². The van der Waals surface area contributed by atoms with Crippen LogP contribution in [0.1, 0.15) is 57.4 Å². The zero-order chi connectivity index (χ0) is 17.3. The summed E-state index contributed by atoms with van der Waals surface area (Å²) in [5.41, 5.74) is 1.54. The van der Waals surface area contributed by atoms with Crippen LogP contribution < -0.4 is 5.32 Å². The molecule has 0 radical (unpaired) electrons. The van der Waals surface area contributed by atoms with Crippen molar-refractivity contribution in [3.05, 3.63) is 39.7 Å². The van der Waals surface area contributed by atoms with Crippen molar-refractivity contribution in [3.63, 3.8) is 0 Å². The second-order valence-electron chi connectivity index (χ2n) is 6.14. The first-order valence-corrected chi connectivity index (χ1v) is 9.00. The van der Waals surface area contributed by atoms with Crippen LogP contribution in [0.2, 0.25) is 0 Å². The van der Waals surface area contributed by atoms with Crippen LogP contribution in [0.4, 0.5) is 5.00 Å². The van der Waals surface area contributed by atoms with Crippen LogP contribution in [0.15, 0.2) is 16.5 Å². The number of hydrogen-bond acceptors (Lipinski definition) is 5. The lowest BCUT2D eigenvalue weighted by atomic mass is 9.88. The summed E-state index contributed by atoms with van der Waals surface area (Å²) >= 11 is 1.48. The Morgan fingerprint density at radius 2 is 2.21 bits per heavy atom. The lowest BCUT2D eigenvalue weighted by molar-refractivity contribution is 0.0526. The van der Waals surface area contributed by atoms with Crippen molar-refractivity contribution in [2.45, 2.75) is 40.0 Å². The van der Waals surface area contributed by atoms with Crippen LogP contribution in [-0.4, -0.2) is 18.5 Å². The number of nitrogens with one attached hydrogen (secondary N) is 1. The highest BCUT2D eigenvalue weighted by molar-refractivity contribution is 7.17. The molecule has 2 aromatic rings. The van der Waals surface area contributed by atoms with Gasteiger partial charge in [-0.2, -0.15) is 0 Å². The minimum absolute atomic E-state index is 0.238. The zero-order valence-corrected chi connectivity index (χ0v) is 14.9. The van der Waals surface area contributed by atoms with Gasteiger partial charge in [-0.15, -0.1) is 11.3 Å². The highest BCUT2D eigenvalue weighted by atomic mass is 32.1. The highest BCUT2D eigenvalue weighted by Crippen LogP contribution is 2.40. The van der Waals surface area contributed by atoms with Crippen molar-refractivity contribution in [1.29, 1.82) is 0 Å². The summed E-state index contributed by atoms with van der Waals surface area (Å²) in [5, 5.41) is 3.40. The number of furan rings is 1. The van der Waals surface area contributed by atoms with Crippen molar-refractivity contribution >= 4 is 28.2 Å². The number of aryl methyl sites for hydroxylation is 1. The third-order valence-electron chi connectivity index (χ3n) is 4.18. The number of thiophene rings is 1. The molecule has 24 heavy (non-hydrogen) atoms. The van der Waals surface area contributed by atoms with Gasteiger partial charge in [0.2, 0.25) is 0 Å². The second kappa shape index (κ2) is 6.81. The first-order chi connectivity index (χ1) is 11.5. The summed E-state index contributed by atoms with van der Waals surface area (Å²) in [7, 11) is 0. The summed E-state index contributed by atoms with van der Waals surface area (Å²) in [6, 6.07) is 3.37. The molecule has 2 heterocycles. The van der Waals surface area contributed by atoms with Crippen molar-refractivity contribution in [2.24, 2.45) is 5.92 Å². The minimum Gasteiger partial charge on any atom is -0.462 e. The van der Waals surface area contributed by atoms with Gasteiger partial charge in [-0.3, -0.25) is 4.79 Å². The largest absolute Gasteiger partial charge is 0.462 e. The Bertz CT molecular complexity index is 774. The number of carbonyl (C=O) groups is 2. The van der Waals surface area contributed by atoms with Crippen molar-refractivity contribution in [3.8, 4) is 0 Å². The van der Waals surface area contributed by atoms with Gasteiger partial charge in [0.15, 0.2) is 5.76 Å². The number of ether oxygens (including phenoxy) is 1. The van der Waals surface area contributed by atoms with E-state index in [1.54, 1.807) is 26.0 Å². The monoisotopic (exact) mass is 347 g/mol. The predicted molar refractivity (Wildman–Crippen MR) is 92.9 cm³/mol. The summed E-state index contributed by atoms with van der Waals surface area (Å²) < 4.78 is 10.6. The molecule has 5 nitrogen and oxygen atoms in total. The first-order valence-electron chi connectivity index (χ1n) is 8.19. The van der Waals surface area contributed by atoms with Crippen molar-refractivity contribution < 1.29 is 18.7 Å². The molecule has 2 aromatic heterocycles. The number of hydrogen-bond donors (Lipinski definition) is 1. The van der Waals surface area contributed by atoms with Crippen LogP contribution in [0.3, 0.4) is 0 Å². The molecule has 0 saturated carbocycles. The fraction of sp³-hybridized carbons (Fsp3) is 0.444. The number of carbonyl (C=O) groups excluding carboxylic acids is 2. The fourth-order valence-corrected chi connectivity index (χ4v) is 4.37. The molecule has 1 amide bonds. The summed E-state index contributed by atoms with van der Waals surface area (Å²) in [6.07, 6.45) is 2.82. The average Bonchev–Trinajstić information content (AvgIpc) is 3.10. The second-order valence-corrected chi connectivity index (χ2v) is 7.25. The molecule has 0 aromatic carbocycles. The van der Waals surface area contributed by atoms with Crippen LogP contribution >= 0.6 is 11.3 Å². The molecule has 0 fully saturated rings. The average molecular weight is 347 g/mol. The summed E-state index contributed by atoms with van der Waals surface area (Å²) in [6.45, 7) is 6.08. The van der Waals surface area contributed by atoms with E-state index in [2.05, 4.69) is 12.2 Å². The SMILES string of the molecule is CCOC(=O)c1c(NC(=O)c2ccc(C)o2)sc2c1CCC(C)C2. The van der Waals surface area contributed by atoms with Crippen molar-refractivity contribution in [2.75, 3.05) is 11.9 Å². The van der Waals surface area contributed by atoms with Crippen LogP contribution in [0.25, 0.3) is 0 Å². The van der Waals surface area contributed by atoms with E-state index in [1.165, 1.54) is 16.2 Å². The predicted octanol–water partition coefficient (Wildman–Crippen LogP) is 4.20. The Hall–Kier alpha value is -2.08. The van der Waals surface area contributed by atoms with Gasteiger partial charge in [-0.05, 0) is 56.7 Å². The zero-order valence-electron chi connectivity index (χ0n) is 14.1. The summed E-state index contributed by atoms with van der Waals surface area (Å²) in [4.78, 5) is 26.0. The smallest absolute Gasteiger partial charge is 0.341 e. The molecule has 3 rings (SSSR count). The Morgan fingerprint density at radius 1 is 1.42 bits per heavy atom. The number of anilines is 1. The van der Waals surface area contributed by atoms with Crippen LogP contribution in [-0.2, 0) is 17.6 Å². The van der Waals surface area contributed by atoms with E-state index in [0.717, 1.165) is 24.8 Å². The van der Waals surface area contributed by atoms with Gasteiger partial charge in [0, 0.05) is 4.88 Å². The molecule has 1 aliphatic carbocycles. The van der Waals surface area contributed by atoms with Gasteiger partial charge in [0.05, 0.1) is 12.2 Å². The molecule has 1 atom stereocenters. The van der Waals surface area contributed by atoms with E-state index >= 15 is 0 Å². The molecule has 1 unspecified atom stereocenters. The standard InChI is InChI=1S/C18H21NO4S/c1-4-22-18(21)15-12-7-5-10(2)9-14(12)24-17(15)19-16(20)13-8-6-11(3)23-13/h6,8,10H,4-5,7,9H2,1-3H3,(H,19,20). The molecule has 0 spiro atoms. The van der Waals surface area contributed by atoms with Gasteiger partial charge >= 0.3 is 5.97 Å². The van der Waals surface area contributed by atoms with Gasteiger partial charge in [-0.25, -0.2) is 4.79 Å². The maximum absolute atomic E-state index is 12.4. The Kier molecular flexibility index (Phi) is 4.76. The third kappa shape index (κ3) is 3.24. The van der Waals surface area contributed by atoms with E-state index in [0.29, 0.717) is 28.8 Å². The summed E-state index contributed by atoms with van der Waals surface area (Å²) in [5.74, 6) is 0.783. The van der Waals surface area contributed by atoms with E-state index < -0.39 is 0 Å². The normalized spacial score (nSPS) is 16.5. The fourth-order valence-electron chi connectivity index (χ4n) is 2.98. The van der Waals surface area contributed by atoms with E-state index in [1.807, 2.05) is 0 Å². The number of fused-ring (bicyclic) bond motifs is 1. The quantitative estimate of drug-likeness (QED) is 0.842. The minimum atomic E-state index is -0.365. The highest BCUT2D eigenvalue weighted by Gasteiger charge is 2.29. The molecule has 6 heteroatoms. The molecule has 0 saturated heterocycles. The van der Waals surface area contributed by atoms with Crippen LogP contribution in [0, 0.1) is 12.8 Å². The Labute approximate surface area is 145 Å². The van der Waals surface area contributed by atoms with Gasteiger partial charge in [0.25, 0.3) is 5.91 Å². The molecule has 128 valence electrons. The maximum atomic E-state index is 12.4. The van der Waals surface area contributed by atoms with E-state index in [-0.39, 0.29) is 17.6 Å². The van der Waals surface area contributed by atoms with Crippen LogP contribution in [0.5, 0.6) is 0 Å². The maximum Gasteiger partial charge on any atom is 0.341 e. The molecule has 1 aliphatic rings. The van der Waals surface area contributed by atoms with Gasteiger partial charge in [-0.1, -0.05) is 6.92 Å². The lowest BCUT2D eigenvalue weighted by Crippen LogP contribution is -2.16. The van der Waals surface area contributed by atoms with E-state index in [4.69, 9.17) is 9.15 Å². The van der Waals surface area contributed by atoms with Gasteiger partial charge < -0.3 is 14.5 Å². The first kappa shape index (κ1) is 16.8. The molecule has 0 bridgehead atoms. The Balaban J connectivity index is 1.94. The number of esters is 1. The Morgan fingerprint density at radius 3 is 2.88 bits per heavy atom. The number of amides is 1. The van der Waals surface area contributed by atoms with Crippen molar-refractivity contribution in [1.82, 2.24) is 0 Å². The molecular formula is C18H21NO4S. The topological polar surface area (TPSA) is 68.5 Å². The number of rotatable bonds is 4. The van der Waals surface area contributed by atoms with E-state index in [9.17, 15) is 9.59 Å². The molecule has 1 N–H and O–H groups in total. The molecular weight excluding hydrogens is 326 g/mol. The lowest BCUT2D eigenvalue weighted by Gasteiger charge is -2.18.